The van der Waals surface area contributed by atoms with Crippen molar-refractivity contribution in [2.24, 2.45) is 5.73 Å². The van der Waals surface area contributed by atoms with E-state index in [0.29, 0.717) is 6.54 Å². The van der Waals surface area contributed by atoms with Crippen molar-refractivity contribution in [2.75, 3.05) is 5.73 Å². The van der Waals surface area contributed by atoms with E-state index < -0.39 is 0 Å². The molecule has 0 unspecified atom stereocenters. The van der Waals surface area contributed by atoms with Gasteiger partial charge in [0.25, 0.3) is 0 Å². The van der Waals surface area contributed by atoms with Crippen LogP contribution in [0, 0.1) is 0 Å². The van der Waals surface area contributed by atoms with Crippen LogP contribution in [-0.2, 0) is 13.0 Å². The van der Waals surface area contributed by atoms with Crippen LogP contribution in [0.2, 0.25) is 0 Å². The van der Waals surface area contributed by atoms with Crippen molar-refractivity contribution in [2.45, 2.75) is 19.9 Å². The summed E-state index contributed by atoms with van der Waals surface area (Å²) in [6, 6.07) is 6.01. The zero-order valence-corrected chi connectivity index (χ0v) is 6.80. The molecule has 0 spiro atoms. The van der Waals surface area contributed by atoms with Crippen LogP contribution in [0.3, 0.4) is 0 Å². The SMILES string of the molecule is CCc1ccc(CN)cc1N. The van der Waals surface area contributed by atoms with E-state index in [4.69, 9.17) is 11.5 Å². The lowest BCUT2D eigenvalue weighted by Gasteiger charge is -2.03. The quantitative estimate of drug-likeness (QED) is 0.624. The molecular formula is C9H14N2. The number of nitrogens with two attached hydrogens (primary N) is 2. The van der Waals surface area contributed by atoms with Crippen LogP contribution in [0.1, 0.15) is 18.1 Å². The zero-order chi connectivity index (χ0) is 8.27. The molecule has 1 aromatic rings. The average molecular weight is 150 g/mol. The smallest absolute Gasteiger partial charge is 0.0349 e. The van der Waals surface area contributed by atoms with Gasteiger partial charge in [-0.1, -0.05) is 19.1 Å². The molecule has 0 aliphatic rings. The first-order valence-corrected chi connectivity index (χ1v) is 3.85. The van der Waals surface area contributed by atoms with Gasteiger partial charge >= 0.3 is 0 Å². The summed E-state index contributed by atoms with van der Waals surface area (Å²) in [5, 5.41) is 0. The molecule has 11 heavy (non-hydrogen) atoms. The van der Waals surface area contributed by atoms with Crippen molar-refractivity contribution in [3.05, 3.63) is 29.3 Å². The third kappa shape index (κ3) is 1.71. The fourth-order valence-corrected chi connectivity index (χ4v) is 1.09. The lowest BCUT2D eigenvalue weighted by Crippen LogP contribution is -1.99. The summed E-state index contributed by atoms with van der Waals surface area (Å²) in [5.74, 6) is 0. The molecular weight excluding hydrogens is 136 g/mol. The minimum atomic E-state index is 0.564. The van der Waals surface area contributed by atoms with E-state index in [1.165, 1.54) is 5.56 Å². The highest BCUT2D eigenvalue weighted by atomic mass is 14.6. The highest BCUT2D eigenvalue weighted by Crippen LogP contribution is 2.13. The van der Waals surface area contributed by atoms with Crippen LogP contribution >= 0.6 is 0 Å². The molecule has 0 aliphatic carbocycles. The summed E-state index contributed by atoms with van der Waals surface area (Å²) in [6.45, 7) is 2.65. The Labute approximate surface area is 67.2 Å². The third-order valence-corrected chi connectivity index (χ3v) is 1.83. The topological polar surface area (TPSA) is 52.0 Å². The second-order valence-electron chi connectivity index (χ2n) is 2.59. The predicted octanol–water partition coefficient (Wildman–Crippen LogP) is 1.29. The van der Waals surface area contributed by atoms with Gasteiger partial charge in [0.1, 0.15) is 0 Å². The third-order valence-electron chi connectivity index (χ3n) is 1.83. The van der Waals surface area contributed by atoms with Crippen LogP contribution in [0.15, 0.2) is 18.2 Å². The van der Waals surface area contributed by atoms with E-state index in [9.17, 15) is 0 Å². The van der Waals surface area contributed by atoms with Crippen LogP contribution in [0.25, 0.3) is 0 Å². The van der Waals surface area contributed by atoms with Crippen molar-refractivity contribution in [1.29, 1.82) is 0 Å². The number of nitrogen functional groups attached to an aromatic ring is 1. The first kappa shape index (κ1) is 8.08. The first-order chi connectivity index (χ1) is 5.27. The molecule has 0 radical (unpaired) electrons. The van der Waals surface area contributed by atoms with Crippen LogP contribution in [0.4, 0.5) is 5.69 Å². The standard InChI is InChI=1S/C9H14N2/c1-2-8-4-3-7(6-10)5-9(8)11/h3-5H,2,6,10-11H2,1H3. The molecule has 60 valence electrons. The van der Waals surface area contributed by atoms with Crippen molar-refractivity contribution in [3.8, 4) is 0 Å². The summed E-state index contributed by atoms with van der Waals surface area (Å²) < 4.78 is 0. The summed E-state index contributed by atoms with van der Waals surface area (Å²) >= 11 is 0. The van der Waals surface area contributed by atoms with Crippen LogP contribution < -0.4 is 11.5 Å². The lowest BCUT2D eigenvalue weighted by molar-refractivity contribution is 1.06. The lowest BCUT2D eigenvalue weighted by atomic mass is 10.1. The molecule has 0 saturated heterocycles. The van der Waals surface area contributed by atoms with Crippen molar-refractivity contribution < 1.29 is 0 Å². The number of anilines is 1. The Hall–Kier alpha value is -1.02. The molecule has 0 amide bonds. The van der Waals surface area contributed by atoms with Crippen molar-refractivity contribution >= 4 is 5.69 Å². The van der Waals surface area contributed by atoms with Gasteiger partial charge in [0.05, 0.1) is 0 Å². The van der Waals surface area contributed by atoms with E-state index in [1.807, 2.05) is 18.2 Å². The summed E-state index contributed by atoms with van der Waals surface area (Å²) in [6.07, 6.45) is 0.983. The van der Waals surface area contributed by atoms with E-state index >= 15 is 0 Å². The number of benzene rings is 1. The molecule has 0 heterocycles. The highest BCUT2D eigenvalue weighted by molar-refractivity contribution is 5.49. The van der Waals surface area contributed by atoms with Gasteiger partial charge in [-0.05, 0) is 23.6 Å². The van der Waals surface area contributed by atoms with Gasteiger partial charge in [-0.3, -0.25) is 0 Å². The van der Waals surface area contributed by atoms with E-state index in [-0.39, 0.29) is 0 Å². The minimum absolute atomic E-state index is 0.564. The monoisotopic (exact) mass is 150 g/mol. The van der Waals surface area contributed by atoms with Gasteiger partial charge in [0.2, 0.25) is 0 Å². The summed E-state index contributed by atoms with van der Waals surface area (Å²) in [4.78, 5) is 0. The predicted molar refractivity (Wildman–Crippen MR) is 48.1 cm³/mol. The largest absolute Gasteiger partial charge is 0.398 e. The maximum absolute atomic E-state index is 5.75. The Morgan fingerprint density at radius 1 is 1.36 bits per heavy atom. The molecule has 2 nitrogen and oxygen atoms in total. The molecule has 2 heteroatoms. The fourth-order valence-electron chi connectivity index (χ4n) is 1.09. The van der Waals surface area contributed by atoms with Gasteiger partial charge in [0, 0.05) is 12.2 Å². The number of aryl methyl sites for hydroxylation is 1. The zero-order valence-electron chi connectivity index (χ0n) is 6.80. The Morgan fingerprint density at radius 2 is 2.09 bits per heavy atom. The molecule has 0 aromatic heterocycles. The molecule has 1 aromatic carbocycles. The Morgan fingerprint density at radius 3 is 2.55 bits per heavy atom. The van der Waals surface area contributed by atoms with Gasteiger partial charge in [0.15, 0.2) is 0 Å². The number of hydrogen-bond donors (Lipinski definition) is 2. The van der Waals surface area contributed by atoms with Gasteiger partial charge in [-0.25, -0.2) is 0 Å². The Balaban J connectivity index is 2.99. The molecule has 0 atom stereocenters. The van der Waals surface area contributed by atoms with Crippen molar-refractivity contribution in [3.63, 3.8) is 0 Å². The Bertz CT molecular complexity index is 243. The van der Waals surface area contributed by atoms with Gasteiger partial charge in [-0.2, -0.15) is 0 Å². The molecule has 0 aliphatic heterocycles. The van der Waals surface area contributed by atoms with Crippen molar-refractivity contribution in [1.82, 2.24) is 0 Å². The second kappa shape index (κ2) is 3.39. The van der Waals surface area contributed by atoms with Gasteiger partial charge in [-0.15, -0.1) is 0 Å². The van der Waals surface area contributed by atoms with E-state index in [0.717, 1.165) is 17.7 Å². The number of rotatable bonds is 2. The maximum Gasteiger partial charge on any atom is 0.0349 e. The fraction of sp³-hybridized carbons (Fsp3) is 0.333. The van der Waals surface area contributed by atoms with E-state index in [2.05, 4.69) is 6.92 Å². The number of hydrogen-bond acceptors (Lipinski definition) is 2. The molecule has 0 bridgehead atoms. The molecule has 1 rings (SSSR count). The second-order valence-corrected chi connectivity index (χ2v) is 2.59. The van der Waals surface area contributed by atoms with E-state index in [1.54, 1.807) is 0 Å². The molecule has 0 fully saturated rings. The molecule has 4 N–H and O–H groups in total. The molecule has 0 saturated carbocycles. The van der Waals surface area contributed by atoms with Crippen LogP contribution in [0.5, 0.6) is 0 Å². The first-order valence-electron chi connectivity index (χ1n) is 3.85. The minimum Gasteiger partial charge on any atom is -0.398 e. The van der Waals surface area contributed by atoms with Crippen LogP contribution in [-0.4, -0.2) is 0 Å². The summed E-state index contributed by atoms with van der Waals surface area (Å²) in [5.41, 5.74) is 14.4. The highest BCUT2D eigenvalue weighted by Gasteiger charge is 1.96. The maximum atomic E-state index is 5.75. The normalized spacial score (nSPS) is 10.0. The van der Waals surface area contributed by atoms with Gasteiger partial charge < -0.3 is 11.5 Å². The summed E-state index contributed by atoms with van der Waals surface area (Å²) in [7, 11) is 0. The Kier molecular flexibility index (Phi) is 2.49. The average Bonchev–Trinajstić information content (AvgIpc) is 2.04.